The van der Waals surface area contributed by atoms with Crippen LogP contribution in [-0.2, 0) is 10.8 Å². The van der Waals surface area contributed by atoms with E-state index < -0.39 is 5.97 Å². The number of fused-ring (bicyclic) bond motifs is 1. The molecular weight excluding hydrogens is 340 g/mol. The maximum absolute atomic E-state index is 11.0. The Morgan fingerprint density at radius 2 is 1.67 bits per heavy atom. The minimum absolute atomic E-state index is 0.0362. The highest BCUT2D eigenvalue weighted by atomic mass is 16.4. The third-order valence-corrected chi connectivity index (χ3v) is 5.81. The van der Waals surface area contributed by atoms with E-state index in [0.717, 1.165) is 24.0 Å². The van der Waals surface area contributed by atoms with E-state index in [4.69, 9.17) is 5.11 Å². The number of aromatic nitrogens is 1. The molecule has 0 saturated heterocycles. The molecule has 0 saturated carbocycles. The van der Waals surface area contributed by atoms with Gasteiger partial charge in [-0.3, -0.25) is 4.98 Å². The van der Waals surface area contributed by atoms with Gasteiger partial charge in [0.1, 0.15) is 5.71 Å². The van der Waals surface area contributed by atoms with Crippen LogP contribution < -0.4 is 0 Å². The average molecular weight is 366 g/mol. The standard InChI is InChI=1S/C22H26N2O3/c1-13-10-16-17(22(4,5)9-8-21(16,2)3)11-15(13)19(24-27)18-7-6-14(12-23-18)20(25)26/h6-7,10-12,27H,8-9H2,1-5H3,(H,25,26). The molecule has 0 fully saturated rings. The predicted molar refractivity (Wildman–Crippen MR) is 105 cm³/mol. The number of pyridine rings is 1. The lowest BCUT2D eigenvalue weighted by atomic mass is 9.62. The smallest absolute Gasteiger partial charge is 0.337 e. The van der Waals surface area contributed by atoms with E-state index in [2.05, 4.69) is 50.0 Å². The second kappa shape index (κ2) is 6.48. The SMILES string of the molecule is Cc1cc2c(cc1C(=NO)c1ccc(C(=O)O)cn1)C(C)(C)CCC2(C)C. The molecule has 5 heteroatoms. The second-order valence-electron chi connectivity index (χ2n) is 8.67. The van der Waals surface area contributed by atoms with Crippen LogP contribution in [0, 0.1) is 6.92 Å². The molecule has 1 aliphatic rings. The van der Waals surface area contributed by atoms with Gasteiger partial charge in [-0.2, -0.15) is 0 Å². The van der Waals surface area contributed by atoms with E-state index in [0.29, 0.717) is 11.4 Å². The lowest BCUT2D eigenvalue weighted by Crippen LogP contribution is -2.34. The molecule has 1 aliphatic carbocycles. The first-order valence-electron chi connectivity index (χ1n) is 9.14. The van der Waals surface area contributed by atoms with Crippen LogP contribution in [0.25, 0.3) is 0 Å². The molecule has 0 spiro atoms. The minimum atomic E-state index is -1.04. The van der Waals surface area contributed by atoms with Gasteiger partial charge in [-0.1, -0.05) is 38.9 Å². The fourth-order valence-corrected chi connectivity index (χ4v) is 3.88. The number of carboxylic acid groups (broad SMARTS) is 1. The van der Waals surface area contributed by atoms with Crippen LogP contribution in [0.3, 0.4) is 0 Å². The highest BCUT2D eigenvalue weighted by molar-refractivity contribution is 6.12. The summed E-state index contributed by atoms with van der Waals surface area (Å²) in [6.07, 6.45) is 3.50. The lowest BCUT2D eigenvalue weighted by molar-refractivity contribution is 0.0696. The molecular formula is C22H26N2O3. The Kier molecular flexibility index (Phi) is 4.58. The quantitative estimate of drug-likeness (QED) is 0.470. The molecule has 0 atom stereocenters. The molecule has 1 heterocycles. The van der Waals surface area contributed by atoms with Crippen molar-refractivity contribution in [2.75, 3.05) is 0 Å². The van der Waals surface area contributed by atoms with E-state index in [1.165, 1.54) is 23.4 Å². The van der Waals surface area contributed by atoms with Crippen molar-refractivity contribution in [2.45, 2.75) is 58.3 Å². The van der Waals surface area contributed by atoms with Crippen molar-refractivity contribution in [3.63, 3.8) is 0 Å². The van der Waals surface area contributed by atoms with Gasteiger partial charge in [0.05, 0.1) is 11.3 Å². The Hall–Kier alpha value is -2.69. The number of nitrogens with zero attached hydrogens (tertiary/aromatic N) is 2. The maximum Gasteiger partial charge on any atom is 0.337 e. The minimum Gasteiger partial charge on any atom is -0.478 e. The molecule has 27 heavy (non-hydrogen) atoms. The topological polar surface area (TPSA) is 82.8 Å². The van der Waals surface area contributed by atoms with Crippen LogP contribution in [0.2, 0.25) is 0 Å². The number of benzene rings is 1. The van der Waals surface area contributed by atoms with Crippen molar-refractivity contribution in [1.29, 1.82) is 0 Å². The van der Waals surface area contributed by atoms with Crippen molar-refractivity contribution in [3.05, 3.63) is 64.0 Å². The van der Waals surface area contributed by atoms with Crippen LogP contribution in [0.1, 0.15) is 78.8 Å². The summed E-state index contributed by atoms with van der Waals surface area (Å²) in [6, 6.07) is 7.36. The fraction of sp³-hybridized carbons (Fsp3) is 0.409. The van der Waals surface area contributed by atoms with E-state index in [1.54, 1.807) is 6.07 Å². The summed E-state index contributed by atoms with van der Waals surface area (Å²) in [4.78, 5) is 15.2. The van der Waals surface area contributed by atoms with E-state index in [-0.39, 0.29) is 16.4 Å². The maximum atomic E-state index is 11.0. The molecule has 0 unspecified atom stereocenters. The number of hydrogen-bond donors (Lipinski definition) is 2. The van der Waals surface area contributed by atoms with Crippen LogP contribution in [0.15, 0.2) is 35.6 Å². The monoisotopic (exact) mass is 366 g/mol. The largest absolute Gasteiger partial charge is 0.478 e. The van der Waals surface area contributed by atoms with E-state index >= 15 is 0 Å². The highest BCUT2D eigenvalue weighted by Gasteiger charge is 2.37. The van der Waals surface area contributed by atoms with Gasteiger partial charge in [-0.25, -0.2) is 4.79 Å². The number of rotatable bonds is 3. The molecule has 0 radical (unpaired) electrons. The van der Waals surface area contributed by atoms with Gasteiger partial charge in [0, 0.05) is 11.8 Å². The molecule has 2 N–H and O–H groups in total. The normalized spacial score (nSPS) is 18.0. The molecule has 1 aromatic carbocycles. The summed E-state index contributed by atoms with van der Waals surface area (Å²) < 4.78 is 0. The first kappa shape index (κ1) is 19.1. The summed E-state index contributed by atoms with van der Waals surface area (Å²) in [5, 5.41) is 22.3. The van der Waals surface area contributed by atoms with Gasteiger partial charge in [0.15, 0.2) is 0 Å². The summed E-state index contributed by atoms with van der Waals surface area (Å²) in [5.74, 6) is -1.04. The first-order valence-corrected chi connectivity index (χ1v) is 9.14. The highest BCUT2D eigenvalue weighted by Crippen LogP contribution is 2.46. The van der Waals surface area contributed by atoms with Gasteiger partial charge in [-0.15, -0.1) is 0 Å². The van der Waals surface area contributed by atoms with Gasteiger partial charge in [0.2, 0.25) is 0 Å². The number of carbonyl (C=O) groups is 1. The Morgan fingerprint density at radius 3 is 2.15 bits per heavy atom. The van der Waals surface area contributed by atoms with E-state index in [1.807, 2.05) is 6.92 Å². The Balaban J connectivity index is 2.15. The fourth-order valence-electron chi connectivity index (χ4n) is 3.88. The summed E-state index contributed by atoms with van der Waals surface area (Å²) >= 11 is 0. The molecule has 0 bridgehead atoms. The molecule has 142 valence electrons. The van der Waals surface area contributed by atoms with Crippen LogP contribution >= 0.6 is 0 Å². The predicted octanol–water partition coefficient (Wildman–Crippen LogP) is 4.66. The summed E-state index contributed by atoms with van der Waals surface area (Å²) in [6.45, 7) is 11.0. The zero-order chi connectivity index (χ0) is 20.0. The van der Waals surface area contributed by atoms with Crippen LogP contribution in [0.4, 0.5) is 0 Å². The third-order valence-electron chi connectivity index (χ3n) is 5.81. The number of aryl methyl sites for hydroxylation is 1. The molecule has 5 nitrogen and oxygen atoms in total. The van der Waals surface area contributed by atoms with Crippen molar-refractivity contribution in [2.24, 2.45) is 5.16 Å². The first-order chi connectivity index (χ1) is 12.6. The van der Waals surface area contributed by atoms with Crippen molar-refractivity contribution in [3.8, 4) is 0 Å². The van der Waals surface area contributed by atoms with Crippen LogP contribution in [-0.4, -0.2) is 27.0 Å². The van der Waals surface area contributed by atoms with Gasteiger partial charge in [0.25, 0.3) is 0 Å². The van der Waals surface area contributed by atoms with Crippen LogP contribution in [0.5, 0.6) is 0 Å². The van der Waals surface area contributed by atoms with Crippen molar-refractivity contribution >= 4 is 11.7 Å². The molecule has 0 aliphatic heterocycles. The number of carboxylic acids is 1. The number of hydrogen-bond acceptors (Lipinski definition) is 4. The zero-order valence-corrected chi connectivity index (χ0v) is 16.5. The third kappa shape index (κ3) is 3.34. The Bertz CT molecular complexity index is 925. The van der Waals surface area contributed by atoms with Gasteiger partial charge in [-0.05, 0) is 65.5 Å². The average Bonchev–Trinajstić information content (AvgIpc) is 2.61. The number of aromatic carboxylic acids is 1. The Labute approximate surface area is 159 Å². The number of oxime groups is 1. The van der Waals surface area contributed by atoms with E-state index in [9.17, 15) is 10.0 Å². The molecule has 1 aromatic heterocycles. The molecule has 0 amide bonds. The van der Waals surface area contributed by atoms with Crippen molar-refractivity contribution < 1.29 is 15.1 Å². The molecule has 3 rings (SSSR count). The second-order valence-corrected chi connectivity index (χ2v) is 8.67. The summed E-state index contributed by atoms with van der Waals surface area (Å²) in [5.41, 5.74) is 5.47. The van der Waals surface area contributed by atoms with Crippen molar-refractivity contribution in [1.82, 2.24) is 4.98 Å². The van der Waals surface area contributed by atoms with Gasteiger partial charge >= 0.3 is 5.97 Å². The summed E-state index contributed by atoms with van der Waals surface area (Å²) in [7, 11) is 0. The Morgan fingerprint density at radius 1 is 1.07 bits per heavy atom. The molecule has 2 aromatic rings. The lowest BCUT2D eigenvalue weighted by Gasteiger charge is -2.42. The zero-order valence-electron chi connectivity index (χ0n) is 16.5. The van der Waals surface area contributed by atoms with Gasteiger partial charge < -0.3 is 10.3 Å².